The molecular weight excluding hydrogens is 474 g/mol. The molecule has 0 aliphatic rings. The van der Waals surface area contributed by atoms with Gasteiger partial charge < -0.3 is 10.3 Å². The topological polar surface area (TPSA) is 69.4 Å². The van der Waals surface area contributed by atoms with Crippen LogP contribution in [-0.2, 0) is 0 Å². The molecule has 0 unspecified atom stereocenters. The Morgan fingerprint density at radius 3 is 2.65 bits per heavy atom. The van der Waals surface area contributed by atoms with Gasteiger partial charge in [-0.15, -0.1) is 11.3 Å². The Bertz CT molecular complexity index is 1670. The first kappa shape index (κ1) is 24.7. The lowest BCUT2D eigenvalue weighted by Crippen LogP contribution is -2.15. The number of hydrogen-bond donors (Lipinski definition) is 3. The van der Waals surface area contributed by atoms with Crippen molar-refractivity contribution < 1.29 is 0 Å². The zero-order valence-electron chi connectivity index (χ0n) is 21.5. The molecule has 3 N–H and O–H groups in total. The molecule has 0 aliphatic heterocycles. The van der Waals surface area contributed by atoms with Crippen molar-refractivity contribution in [1.29, 1.82) is 0 Å². The Hall–Kier alpha value is -4.00. The number of nitrogens with zero attached hydrogens (tertiary/aromatic N) is 2. The second kappa shape index (κ2) is 10.5. The van der Waals surface area contributed by atoms with Gasteiger partial charge in [-0.2, -0.15) is 5.10 Å². The molecule has 37 heavy (non-hydrogen) atoms. The van der Waals surface area contributed by atoms with Crippen LogP contribution < -0.4 is 5.32 Å². The Labute approximate surface area is 221 Å². The molecule has 6 heteroatoms. The van der Waals surface area contributed by atoms with E-state index < -0.39 is 0 Å². The predicted molar refractivity (Wildman–Crippen MR) is 160 cm³/mol. The highest BCUT2D eigenvalue weighted by molar-refractivity contribution is 7.16. The Balaban J connectivity index is 1.57. The number of thiophene rings is 1. The molecule has 0 aliphatic carbocycles. The third-order valence-electron chi connectivity index (χ3n) is 6.45. The molecule has 5 rings (SSSR count). The summed E-state index contributed by atoms with van der Waals surface area (Å²) in [4.78, 5) is 10.6. The molecule has 0 saturated carbocycles. The van der Waals surface area contributed by atoms with Gasteiger partial charge in [-0.1, -0.05) is 44.4 Å². The molecule has 0 saturated heterocycles. The van der Waals surface area contributed by atoms with Crippen molar-refractivity contribution >= 4 is 44.3 Å². The largest absolute Gasteiger partial charge is 0.353 e. The van der Waals surface area contributed by atoms with Crippen molar-refractivity contribution in [3.05, 3.63) is 96.1 Å². The number of fused-ring (bicyclic) bond motifs is 2. The summed E-state index contributed by atoms with van der Waals surface area (Å²) in [6.45, 7) is 16.0. The Kier molecular flexibility index (Phi) is 7.04. The maximum Gasteiger partial charge on any atom is 0.116 e. The standard InChI is InChI=1S/C31H31N5S/c1-6-20(18-32-8-3)15-21(7-2)22-9-10-26-23(16-22)30(36-35-26)27-17-24-25(34-27)13-14-33-31(24)29-12-11-28(37-29)19(4)5/h6-7,9-17,32,34H,1,4,8,18H2,2-3,5H3,(H,35,36)/b20-15+,21-7+. The molecule has 4 heterocycles. The average molecular weight is 506 g/mol. The Morgan fingerprint density at radius 2 is 1.92 bits per heavy atom. The number of aromatic amines is 2. The van der Waals surface area contributed by atoms with Gasteiger partial charge in [-0.05, 0) is 79.1 Å². The highest BCUT2D eigenvalue weighted by Gasteiger charge is 2.16. The zero-order chi connectivity index (χ0) is 25.9. The minimum atomic E-state index is 0.792. The summed E-state index contributed by atoms with van der Waals surface area (Å²) in [6, 6.07) is 14.8. The number of benzene rings is 1. The van der Waals surface area contributed by atoms with Crippen molar-refractivity contribution in [2.75, 3.05) is 13.1 Å². The van der Waals surface area contributed by atoms with Crippen LogP contribution in [0.15, 0.2) is 85.6 Å². The first-order valence-corrected chi connectivity index (χ1v) is 13.3. The molecule has 0 atom stereocenters. The molecule has 0 spiro atoms. The van der Waals surface area contributed by atoms with Crippen LogP contribution in [0.25, 0.3) is 54.9 Å². The third kappa shape index (κ3) is 4.86. The van der Waals surface area contributed by atoms with Crippen molar-refractivity contribution in [3.8, 4) is 22.0 Å². The van der Waals surface area contributed by atoms with Gasteiger partial charge >= 0.3 is 0 Å². The fourth-order valence-electron chi connectivity index (χ4n) is 4.46. The number of hydrogen-bond acceptors (Lipinski definition) is 4. The van der Waals surface area contributed by atoms with Crippen LogP contribution in [-0.4, -0.2) is 33.3 Å². The van der Waals surface area contributed by atoms with Gasteiger partial charge in [0.2, 0.25) is 0 Å². The number of likely N-dealkylation sites (N-methyl/N-ethyl adjacent to an activating group) is 1. The van der Waals surface area contributed by atoms with E-state index in [1.54, 1.807) is 11.3 Å². The van der Waals surface area contributed by atoms with Crippen LogP contribution in [0, 0.1) is 0 Å². The molecule has 5 aromatic rings. The number of pyridine rings is 1. The van der Waals surface area contributed by atoms with Gasteiger partial charge in [0.25, 0.3) is 0 Å². The second-order valence-electron chi connectivity index (χ2n) is 9.03. The molecule has 0 radical (unpaired) electrons. The van der Waals surface area contributed by atoms with Crippen molar-refractivity contribution in [2.24, 2.45) is 0 Å². The van der Waals surface area contributed by atoms with E-state index in [0.717, 1.165) is 79.1 Å². The molecule has 5 nitrogen and oxygen atoms in total. The predicted octanol–water partition coefficient (Wildman–Crippen LogP) is 7.99. The van der Waals surface area contributed by atoms with Gasteiger partial charge in [-0.3, -0.25) is 10.1 Å². The lowest BCUT2D eigenvalue weighted by molar-refractivity contribution is 0.785. The zero-order valence-corrected chi connectivity index (χ0v) is 22.3. The normalized spacial score (nSPS) is 12.5. The highest BCUT2D eigenvalue weighted by Crippen LogP contribution is 2.37. The van der Waals surface area contributed by atoms with Crippen molar-refractivity contribution in [3.63, 3.8) is 0 Å². The SMILES string of the molecule is C=C/C(=C\C(=C/C)c1ccc2[nH]nc(-c3cc4c(-c5ccc(C(=C)C)s5)nccc4[nH]3)c2c1)CNCC. The highest BCUT2D eigenvalue weighted by atomic mass is 32.1. The summed E-state index contributed by atoms with van der Waals surface area (Å²) < 4.78 is 0. The van der Waals surface area contributed by atoms with Crippen LogP contribution in [0.1, 0.15) is 31.2 Å². The van der Waals surface area contributed by atoms with Crippen LogP contribution in [0.4, 0.5) is 0 Å². The Morgan fingerprint density at radius 1 is 1.08 bits per heavy atom. The summed E-state index contributed by atoms with van der Waals surface area (Å²) >= 11 is 1.72. The lowest BCUT2D eigenvalue weighted by Gasteiger charge is -2.07. The van der Waals surface area contributed by atoms with E-state index in [0.29, 0.717) is 0 Å². The van der Waals surface area contributed by atoms with Gasteiger partial charge in [0.1, 0.15) is 5.69 Å². The maximum absolute atomic E-state index is 4.72. The van der Waals surface area contributed by atoms with Crippen LogP contribution in [0.3, 0.4) is 0 Å². The summed E-state index contributed by atoms with van der Waals surface area (Å²) in [6.07, 6.45) is 8.10. The van der Waals surface area contributed by atoms with Crippen molar-refractivity contribution in [2.45, 2.75) is 20.8 Å². The molecule has 1 aromatic carbocycles. The first-order valence-electron chi connectivity index (χ1n) is 12.4. The van der Waals surface area contributed by atoms with Gasteiger partial charge in [-0.25, -0.2) is 0 Å². The lowest BCUT2D eigenvalue weighted by atomic mass is 10.00. The van der Waals surface area contributed by atoms with Gasteiger partial charge in [0.05, 0.1) is 21.8 Å². The molecule has 4 aromatic heterocycles. The van der Waals surface area contributed by atoms with E-state index in [4.69, 9.17) is 4.98 Å². The fraction of sp³-hybridized carbons (Fsp3) is 0.161. The number of nitrogens with one attached hydrogen (secondary N) is 3. The number of allylic oxidation sites excluding steroid dienone is 4. The van der Waals surface area contributed by atoms with Crippen LogP contribution in [0.5, 0.6) is 0 Å². The minimum Gasteiger partial charge on any atom is -0.353 e. The van der Waals surface area contributed by atoms with Crippen molar-refractivity contribution in [1.82, 2.24) is 25.5 Å². The van der Waals surface area contributed by atoms with E-state index in [1.807, 2.05) is 25.3 Å². The molecular formula is C31H31N5S. The number of rotatable bonds is 9. The van der Waals surface area contributed by atoms with Gasteiger partial charge in [0.15, 0.2) is 0 Å². The fourth-order valence-corrected chi connectivity index (χ4v) is 5.40. The third-order valence-corrected chi connectivity index (χ3v) is 7.71. The molecule has 186 valence electrons. The summed E-state index contributed by atoms with van der Waals surface area (Å²) in [5.74, 6) is 0. The average Bonchev–Trinajstić information content (AvgIpc) is 3.66. The number of aromatic nitrogens is 4. The summed E-state index contributed by atoms with van der Waals surface area (Å²) in [5, 5.41) is 13.4. The molecule has 0 amide bonds. The first-order chi connectivity index (χ1) is 18.0. The van der Waals surface area contributed by atoms with Crippen LogP contribution >= 0.6 is 11.3 Å². The molecule has 0 bridgehead atoms. The van der Waals surface area contributed by atoms with E-state index in [2.05, 4.69) is 96.1 Å². The van der Waals surface area contributed by atoms with E-state index in [-0.39, 0.29) is 0 Å². The van der Waals surface area contributed by atoms with E-state index >= 15 is 0 Å². The molecule has 0 fully saturated rings. The van der Waals surface area contributed by atoms with E-state index in [1.165, 1.54) is 4.88 Å². The second-order valence-corrected chi connectivity index (χ2v) is 10.1. The minimum absolute atomic E-state index is 0.792. The summed E-state index contributed by atoms with van der Waals surface area (Å²) in [5.41, 5.74) is 9.36. The maximum atomic E-state index is 4.72. The number of H-pyrrole nitrogens is 2. The quantitative estimate of drug-likeness (QED) is 0.178. The monoisotopic (exact) mass is 505 g/mol. The smallest absolute Gasteiger partial charge is 0.116 e. The summed E-state index contributed by atoms with van der Waals surface area (Å²) in [7, 11) is 0. The van der Waals surface area contributed by atoms with Crippen LogP contribution in [0.2, 0.25) is 0 Å². The van der Waals surface area contributed by atoms with E-state index in [9.17, 15) is 0 Å². The van der Waals surface area contributed by atoms with Gasteiger partial charge in [0, 0.05) is 33.9 Å².